The smallest absolute Gasteiger partial charge is 0.163 e. The number of nitrogens with zero attached hydrogens (tertiary/aromatic N) is 2. The minimum absolute atomic E-state index is 0.547. The SMILES string of the molecule is Brc1ccc(Oc2ccnc3cc4c(cc23)OCCO4)cn1. The van der Waals surface area contributed by atoms with Crippen molar-refractivity contribution in [3.05, 3.63) is 47.3 Å². The highest BCUT2D eigenvalue weighted by molar-refractivity contribution is 9.10. The molecule has 6 heteroatoms. The van der Waals surface area contributed by atoms with E-state index in [-0.39, 0.29) is 0 Å². The van der Waals surface area contributed by atoms with Gasteiger partial charge < -0.3 is 14.2 Å². The molecule has 5 nitrogen and oxygen atoms in total. The van der Waals surface area contributed by atoms with Crippen LogP contribution in [-0.2, 0) is 0 Å². The predicted octanol–water partition coefficient (Wildman–Crippen LogP) is 3.96. The standard InChI is InChI=1S/C16H11BrN2O3/c17-16-2-1-10(9-19-16)22-13-3-4-18-12-8-15-14(7-11(12)13)20-5-6-21-15/h1-4,7-9H,5-6H2. The molecule has 4 rings (SSSR count). The molecule has 22 heavy (non-hydrogen) atoms. The van der Waals surface area contributed by atoms with Crippen LogP contribution in [0.2, 0.25) is 0 Å². The molecule has 110 valence electrons. The zero-order valence-corrected chi connectivity index (χ0v) is 13.0. The second kappa shape index (κ2) is 5.46. The van der Waals surface area contributed by atoms with Crippen molar-refractivity contribution in [2.24, 2.45) is 0 Å². The van der Waals surface area contributed by atoms with Crippen molar-refractivity contribution in [3.63, 3.8) is 0 Å². The lowest BCUT2D eigenvalue weighted by atomic mass is 10.1. The van der Waals surface area contributed by atoms with Gasteiger partial charge in [0, 0.05) is 17.6 Å². The molecule has 3 aromatic rings. The summed E-state index contributed by atoms with van der Waals surface area (Å²) in [7, 11) is 0. The third-order valence-corrected chi connectivity index (χ3v) is 3.76. The Hall–Kier alpha value is -2.34. The van der Waals surface area contributed by atoms with Crippen LogP contribution < -0.4 is 14.2 Å². The monoisotopic (exact) mass is 358 g/mol. The maximum absolute atomic E-state index is 5.92. The lowest BCUT2D eigenvalue weighted by Gasteiger charge is -2.19. The van der Waals surface area contributed by atoms with E-state index >= 15 is 0 Å². The molecule has 0 fully saturated rings. The van der Waals surface area contributed by atoms with Crippen molar-refractivity contribution in [1.29, 1.82) is 0 Å². The van der Waals surface area contributed by atoms with E-state index in [0.717, 1.165) is 15.5 Å². The number of rotatable bonds is 2. The highest BCUT2D eigenvalue weighted by Gasteiger charge is 2.15. The molecule has 3 heterocycles. The second-order valence-corrected chi connectivity index (χ2v) is 5.55. The number of benzene rings is 1. The molecule has 1 aromatic carbocycles. The van der Waals surface area contributed by atoms with E-state index in [2.05, 4.69) is 25.9 Å². The summed E-state index contributed by atoms with van der Waals surface area (Å²) < 4.78 is 17.9. The largest absolute Gasteiger partial charge is 0.486 e. The molecule has 1 aliphatic rings. The Bertz CT molecular complexity index is 837. The van der Waals surface area contributed by atoms with E-state index < -0.39 is 0 Å². The zero-order valence-electron chi connectivity index (χ0n) is 11.5. The van der Waals surface area contributed by atoms with Crippen LogP contribution in [0.15, 0.2) is 47.3 Å². The number of aromatic nitrogens is 2. The van der Waals surface area contributed by atoms with Gasteiger partial charge in [-0.2, -0.15) is 0 Å². The van der Waals surface area contributed by atoms with Crippen molar-refractivity contribution < 1.29 is 14.2 Å². The Morgan fingerprint density at radius 1 is 1.00 bits per heavy atom. The van der Waals surface area contributed by atoms with Crippen LogP contribution in [-0.4, -0.2) is 23.2 Å². The zero-order chi connectivity index (χ0) is 14.9. The molecule has 1 aliphatic heterocycles. The summed E-state index contributed by atoms with van der Waals surface area (Å²) in [4.78, 5) is 8.52. The first-order chi connectivity index (χ1) is 10.8. The van der Waals surface area contributed by atoms with Crippen LogP contribution in [0.3, 0.4) is 0 Å². The summed E-state index contributed by atoms with van der Waals surface area (Å²) in [6, 6.07) is 9.27. The normalized spacial score (nSPS) is 13.1. The lowest BCUT2D eigenvalue weighted by Crippen LogP contribution is -2.15. The Labute approximate surface area is 135 Å². The lowest BCUT2D eigenvalue weighted by molar-refractivity contribution is 0.172. The minimum atomic E-state index is 0.547. The maximum Gasteiger partial charge on any atom is 0.163 e. The molecule has 0 saturated carbocycles. The number of pyridine rings is 2. The van der Waals surface area contributed by atoms with Gasteiger partial charge >= 0.3 is 0 Å². The van der Waals surface area contributed by atoms with Gasteiger partial charge in [0.1, 0.15) is 29.3 Å². The molecule has 0 bridgehead atoms. The molecule has 2 aromatic heterocycles. The second-order valence-electron chi connectivity index (χ2n) is 4.74. The van der Waals surface area contributed by atoms with E-state index in [0.29, 0.717) is 36.2 Å². The first-order valence-electron chi connectivity index (χ1n) is 6.77. The summed E-state index contributed by atoms with van der Waals surface area (Å²) in [5.74, 6) is 2.79. The van der Waals surface area contributed by atoms with E-state index in [4.69, 9.17) is 14.2 Å². The van der Waals surface area contributed by atoms with Gasteiger partial charge in [0.15, 0.2) is 11.5 Å². The molecule has 0 atom stereocenters. The average molecular weight is 359 g/mol. The quantitative estimate of drug-likeness (QED) is 0.649. The number of hydrogen-bond donors (Lipinski definition) is 0. The van der Waals surface area contributed by atoms with Crippen molar-refractivity contribution in [2.75, 3.05) is 13.2 Å². The number of ether oxygens (including phenoxy) is 3. The summed E-state index contributed by atoms with van der Waals surface area (Å²) >= 11 is 3.30. The Balaban J connectivity index is 1.78. The fourth-order valence-electron chi connectivity index (χ4n) is 2.30. The number of halogens is 1. The van der Waals surface area contributed by atoms with Gasteiger partial charge in [-0.15, -0.1) is 0 Å². The minimum Gasteiger partial charge on any atom is -0.486 e. The molecule has 0 amide bonds. The van der Waals surface area contributed by atoms with Gasteiger partial charge in [-0.1, -0.05) is 0 Å². The van der Waals surface area contributed by atoms with E-state index in [1.165, 1.54) is 0 Å². The number of fused-ring (bicyclic) bond motifs is 2. The molecule has 0 unspecified atom stereocenters. The van der Waals surface area contributed by atoms with E-state index in [9.17, 15) is 0 Å². The first-order valence-corrected chi connectivity index (χ1v) is 7.57. The average Bonchev–Trinajstić information content (AvgIpc) is 2.55. The van der Waals surface area contributed by atoms with Gasteiger partial charge in [0.05, 0.1) is 11.7 Å². The van der Waals surface area contributed by atoms with Crippen LogP contribution in [0.1, 0.15) is 0 Å². The first kappa shape index (κ1) is 13.3. The van der Waals surface area contributed by atoms with Crippen molar-refractivity contribution in [1.82, 2.24) is 9.97 Å². The highest BCUT2D eigenvalue weighted by Crippen LogP contribution is 2.38. The molecular weight excluding hydrogens is 348 g/mol. The fraction of sp³-hybridized carbons (Fsp3) is 0.125. The van der Waals surface area contributed by atoms with Crippen molar-refractivity contribution in [3.8, 4) is 23.0 Å². The number of hydrogen-bond acceptors (Lipinski definition) is 5. The maximum atomic E-state index is 5.92. The van der Waals surface area contributed by atoms with Gasteiger partial charge in [-0.25, -0.2) is 4.98 Å². The summed E-state index contributed by atoms with van der Waals surface area (Å²) in [5, 5.41) is 0.870. The van der Waals surface area contributed by atoms with Gasteiger partial charge in [0.25, 0.3) is 0 Å². The molecule has 0 saturated heterocycles. The Kier molecular flexibility index (Phi) is 3.31. The van der Waals surface area contributed by atoms with E-state index in [1.54, 1.807) is 12.4 Å². The molecule has 0 aliphatic carbocycles. The van der Waals surface area contributed by atoms with Crippen LogP contribution in [0.5, 0.6) is 23.0 Å². The molecule has 0 N–H and O–H groups in total. The van der Waals surface area contributed by atoms with Gasteiger partial charge in [-0.05, 0) is 40.2 Å². The Morgan fingerprint density at radius 2 is 1.82 bits per heavy atom. The van der Waals surface area contributed by atoms with E-state index in [1.807, 2.05) is 30.3 Å². The summed E-state index contributed by atoms with van der Waals surface area (Å²) in [5.41, 5.74) is 0.798. The molecule has 0 spiro atoms. The van der Waals surface area contributed by atoms with Crippen LogP contribution in [0, 0.1) is 0 Å². The third-order valence-electron chi connectivity index (χ3n) is 3.29. The van der Waals surface area contributed by atoms with Crippen molar-refractivity contribution in [2.45, 2.75) is 0 Å². The molecular formula is C16H11BrN2O3. The van der Waals surface area contributed by atoms with Crippen LogP contribution in [0.4, 0.5) is 0 Å². The van der Waals surface area contributed by atoms with Gasteiger partial charge in [0.2, 0.25) is 0 Å². The third kappa shape index (κ3) is 2.46. The van der Waals surface area contributed by atoms with Crippen LogP contribution >= 0.6 is 15.9 Å². The van der Waals surface area contributed by atoms with Crippen molar-refractivity contribution >= 4 is 26.8 Å². The fourth-order valence-corrected chi connectivity index (χ4v) is 2.53. The Morgan fingerprint density at radius 3 is 2.59 bits per heavy atom. The molecule has 0 radical (unpaired) electrons. The highest BCUT2D eigenvalue weighted by atomic mass is 79.9. The summed E-state index contributed by atoms with van der Waals surface area (Å²) in [6.07, 6.45) is 3.37. The van der Waals surface area contributed by atoms with Crippen LogP contribution in [0.25, 0.3) is 10.9 Å². The summed E-state index contributed by atoms with van der Waals surface area (Å²) in [6.45, 7) is 1.10. The van der Waals surface area contributed by atoms with Gasteiger partial charge in [-0.3, -0.25) is 4.98 Å². The topological polar surface area (TPSA) is 53.5 Å². The predicted molar refractivity (Wildman–Crippen MR) is 84.7 cm³/mol.